The van der Waals surface area contributed by atoms with Gasteiger partial charge >= 0.3 is 0 Å². The molecule has 0 aliphatic carbocycles. The van der Waals surface area contributed by atoms with Crippen molar-refractivity contribution in [2.45, 2.75) is 13.5 Å². The molecular weight excluding hydrogens is 227 g/mol. The number of benzene rings is 2. The normalized spacial score (nSPS) is 13.9. The summed E-state index contributed by atoms with van der Waals surface area (Å²) in [5, 5.41) is 8.17. The van der Waals surface area contributed by atoms with Crippen LogP contribution in [0.15, 0.2) is 42.5 Å². The molecule has 90 valence electrons. The molecule has 0 amide bonds. The molecule has 0 spiro atoms. The van der Waals surface area contributed by atoms with Gasteiger partial charge in [0.05, 0.1) is 6.54 Å². The number of hydrogen-bond acceptors (Lipinski definition) is 1. The monoisotopic (exact) mass is 240 g/mol. The van der Waals surface area contributed by atoms with Crippen LogP contribution in [0.4, 0.5) is 10.1 Å². The van der Waals surface area contributed by atoms with Crippen molar-refractivity contribution in [2.75, 3.05) is 4.90 Å². The number of rotatable bonds is 1. The Bertz CT molecular complexity index is 614. The van der Waals surface area contributed by atoms with Crippen molar-refractivity contribution in [2.24, 2.45) is 0 Å². The molecule has 0 saturated heterocycles. The molecule has 0 aromatic heterocycles. The summed E-state index contributed by atoms with van der Waals surface area (Å²) in [7, 11) is 0. The summed E-state index contributed by atoms with van der Waals surface area (Å²) in [6.07, 6.45) is 0. The first-order valence-electron chi connectivity index (χ1n) is 5.87. The summed E-state index contributed by atoms with van der Waals surface area (Å²) in [6, 6.07) is 12.7. The minimum absolute atomic E-state index is 0.256. The van der Waals surface area contributed by atoms with Gasteiger partial charge in [-0.25, -0.2) is 4.39 Å². The van der Waals surface area contributed by atoms with Crippen LogP contribution in [0, 0.1) is 18.2 Å². The van der Waals surface area contributed by atoms with E-state index >= 15 is 0 Å². The highest BCUT2D eigenvalue weighted by atomic mass is 19.1. The summed E-state index contributed by atoms with van der Waals surface area (Å²) < 4.78 is 13.4. The Hall–Kier alpha value is -2.16. The Balaban J connectivity index is 2.04. The quantitative estimate of drug-likeness (QED) is 0.811. The molecule has 0 unspecified atom stereocenters. The fraction of sp³-hybridized carbons (Fsp3) is 0.133. The van der Waals surface area contributed by atoms with E-state index < -0.39 is 0 Å². The van der Waals surface area contributed by atoms with Crippen molar-refractivity contribution in [3.05, 3.63) is 65.0 Å². The smallest absolute Gasteiger partial charge is 0.133 e. The van der Waals surface area contributed by atoms with E-state index in [0.29, 0.717) is 12.4 Å². The zero-order valence-corrected chi connectivity index (χ0v) is 10.1. The number of fused-ring (bicyclic) bond motifs is 1. The van der Waals surface area contributed by atoms with Crippen LogP contribution in [0.5, 0.6) is 0 Å². The van der Waals surface area contributed by atoms with Gasteiger partial charge in [-0.2, -0.15) is 0 Å². The Morgan fingerprint density at radius 1 is 1.17 bits per heavy atom. The Labute approximate surface area is 105 Å². The molecule has 0 bridgehead atoms. The fourth-order valence-electron chi connectivity index (χ4n) is 2.38. The van der Waals surface area contributed by atoms with Crippen LogP contribution >= 0.6 is 0 Å². The molecule has 18 heavy (non-hydrogen) atoms. The lowest BCUT2D eigenvalue weighted by molar-refractivity contribution is 0.626. The van der Waals surface area contributed by atoms with Gasteiger partial charge in [0.1, 0.15) is 11.7 Å². The van der Waals surface area contributed by atoms with Gasteiger partial charge in [-0.05, 0) is 36.2 Å². The molecule has 0 atom stereocenters. The van der Waals surface area contributed by atoms with Gasteiger partial charge in [-0.3, -0.25) is 5.41 Å². The predicted octanol–water partition coefficient (Wildman–Crippen LogP) is 3.48. The standard InChI is InChI=1S/C15H13FN2/c1-10-6-12(16)8-13(7-10)18-9-11-4-2-3-5-14(11)15(18)17/h2-8,17H,9H2,1H3. The van der Waals surface area contributed by atoms with E-state index in [1.165, 1.54) is 12.1 Å². The molecule has 3 heteroatoms. The lowest BCUT2D eigenvalue weighted by atomic mass is 10.1. The van der Waals surface area contributed by atoms with Gasteiger partial charge in [0.2, 0.25) is 0 Å². The van der Waals surface area contributed by atoms with Crippen LogP contribution in [-0.4, -0.2) is 5.84 Å². The number of nitrogens with one attached hydrogen (secondary N) is 1. The van der Waals surface area contributed by atoms with Gasteiger partial charge in [0.25, 0.3) is 0 Å². The van der Waals surface area contributed by atoms with E-state index in [9.17, 15) is 4.39 Å². The molecule has 0 fully saturated rings. The number of anilines is 1. The first kappa shape index (κ1) is 11.0. The van der Waals surface area contributed by atoms with Crippen molar-refractivity contribution in [3.8, 4) is 0 Å². The third-order valence-electron chi connectivity index (χ3n) is 3.21. The Kier molecular flexibility index (Phi) is 2.40. The summed E-state index contributed by atoms with van der Waals surface area (Å²) in [4.78, 5) is 1.83. The topological polar surface area (TPSA) is 27.1 Å². The van der Waals surface area contributed by atoms with E-state index in [4.69, 9.17) is 5.41 Å². The maximum absolute atomic E-state index is 13.4. The summed E-state index contributed by atoms with van der Waals surface area (Å²) in [5.74, 6) is 0.185. The van der Waals surface area contributed by atoms with Crippen molar-refractivity contribution in [1.29, 1.82) is 5.41 Å². The third kappa shape index (κ3) is 1.68. The lowest BCUT2D eigenvalue weighted by Gasteiger charge is -2.18. The number of aryl methyl sites for hydroxylation is 1. The summed E-state index contributed by atoms with van der Waals surface area (Å²) in [6.45, 7) is 2.50. The van der Waals surface area contributed by atoms with Gasteiger partial charge < -0.3 is 4.90 Å². The number of amidine groups is 1. The second-order valence-electron chi connectivity index (χ2n) is 4.58. The SMILES string of the molecule is Cc1cc(F)cc(N2Cc3ccccc3C2=N)c1. The van der Waals surface area contributed by atoms with Crippen molar-refractivity contribution in [3.63, 3.8) is 0 Å². The van der Waals surface area contributed by atoms with Crippen LogP contribution in [0.25, 0.3) is 0 Å². The van der Waals surface area contributed by atoms with Crippen LogP contribution in [-0.2, 0) is 6.54 Å². The number of halogens is 1. The van der Waals surface area contributed by atoms with E-state index in [1.807, 2.05) is 42.2 Å². The van der Waals surface area contributed by atoms with Crippen LogP contribution in [0.2, 0.25) is 0 Å². The van der Waals surface area contributed by atoms with Gasteiger partial charge in [0, 0.05) is 11.3 Å². The highest BCUT2D eigenvalue weighted by Gasteiger charge is 2.25. The molecule has 2 aromatic carbocycles. The van der Waals surface area contributed by atoms with E-state index in [0.717, 1.165) is 22.4 Å². The molecule has 2 aromatic rings. The highest BCUT2D eigenvalue weighted by Crippen LogP contribution is 2.29. The molecule has 3 rings (SSSR count). The first-order valence-corrected chi connectivity index (χ1v) is 5.87. The molecule has 0 radical (unpaired) electrons. The van der Waals surface area contributed by atoms with E-state index in [2.05, 4.69) is 0 Å². The Morgan fingerprint density at radius 2 is 1.94 bits per heavy atom. The molecule has 1 aliphatic rings. The first-order chi connectivity index (χ1) is 8.65. The minimum Gasteiger partial charge on any atom is -0.322 e. The van der Waals surface area contributed by atoms with E-state index in [1.54, 1.807) is 0 Å². The summed E-state index contributed by atoms with van der Waals surface area (Å²) in [5.41, 5.74) is 3.66. The minimum atomic E-state index is -0.256. The van der Waals surface area contributed by atoms with Crippen LogP contribution in [0.1, 0.15) is 16.7 Å². The van der Waals surface area contributed by atoms with Crippen LogP contribution in [0.3, 0.4) is 0 Å². The average molecular weight is 240 g/mol. The van der Waals surface area contributed by atoms with Crippen LogP contribution < -0.4 is 4.90 Å². The summed E-state index contributed by atoms with van der Waals surface area (Å²) >= 11 is 0. The van der Waals surface area contributed by atoms with Gasteiger partial charge in [0.15, 0.2) is 0 Å². The molecule has 1 heterocycles. The maximum Gasteiger partial charge on any atom is 0.133 e. The van der Waals surface area contributed by atoms with Crippen molar-refractivity contribution < 1.29 is 4.39 Å². The molecule has 1 N–H and O–H groups in total. The zero-order valence-electron chi connectivity index (χ0n) is 10.1. The van der Waals surface area contributed by atoms with E-state index in [-0.39, 0.29) is 5.82 Å². The highest BCUT2D eigenvalue weighted by molar-refractivity contribution is 6.11. The second-order valence-corrected chi connectivity index (χ2v) is 4.58. The molecule has 1 aliphatic heterocycles. The second kappa shape index (κ2) is 3.95. The van der Waals surface area contributed by atoms with Crippen molar-refractivity contribution in [1.82, 2.24) is 0 Å². The van der Waals surface area contributed by atoms with Gasteiger partial charge in [-0.1, -0.05) is 24.3 Å². The Morgan fingerprint density at radius 3 is 2.67 bits per heavy atom. The fourth-order valence-corrected chi connectivity index (χ4v) is 2.38. The van der Waals surface area contributed by atoms with Gasteiger partial charge in [-0.15, -0.1) is 0 Å². The maximum atomic E-state index is 13.4. The number of hydrogen-bond donors (Lipinski definition) is 1. The zero-order chi connectivity index (χ0) is 12.7. The third-order valence-corrected chi connectivity index (χ3v) is 3.21. The number of nitrogens with zero attached hydrogens (tertiary/aromatic N) is 1. The largest absolute Gasteiger partial charge is 0.322 e. The lowest BCUT2D eigenvalue weighted by Crippen LogP contribution is -2.23. The van der Waals surface area contributed by atoms with Crippen molar-refractivity contribution >= 4 is 11.5 Å². The molecule has 0 saturated carbocycles. The molecule has 2 nitrogen and oxygen atoms in total. The average Bonchev–Trinajstić information content (AvgIpc) is 2.66. The predicted molar refractivity (Wildman–Crippen MR) is 70.6 cm³/mol. The molecular formula is C15H13FN2.